The highest BCUT2D eigenvalue weighted by Crippen LogP contribution is 2.24. The Morgan fingerprint density at radius 2 is 2.15 bits per heavy atom. The summed E-state index contributed by atoms with van der Waals surface area (Å²) in [4.78, 5) is 20.1. The number of aldehydes is 1. The first-order valence-electron chi connectivity index (χ1n) is 3.15. The van der Waals surface area contributed by atoms with E-state index in [1.54, 1.807) is 22.6 Å². The molecule has 4 nitrogen and oxygen atoms in total. The molecule has 0 bridgehead atoms. The van der Waals surface area contributed by atoms with Crippen LogP contribution in [-0.4, -0.2) is 11.2 Å². The predicted molar refractivity (Wildman–Crippen MR) is 51.2 cm³/mol. The lowest BCUT2D eigenvalue weighted by molar-refractivity contribution is -0.385. The predicted octanol–water partition coefficient (Wildman–Crippen LogP) is 2.15. The second-order valence-corrected chi connectivity index (χ2v) is 3.25. The molecular formula is C7H3FINO3. The molecule has 0 aliphatic heterocycles. The van der Waals surface area contributed by atoms with Crippen molar-refractivity contribution >= 4 is 34.6 Å². The highest BCUT2D eigenvalue weighted by molar-refractivity contribution is 14.1. The summed E-state index contributed by atoms with van der Waals surface area (Å²) in [6, 6.07) is 1.94. The van der Waals surface area contributed by atoms with Crippen molar-refractivity contribution in [1.82, 2.24) is 0 Å². The van der Waals surface area contributed by atoms with Gasteiger partial charge >= 0.3 is 0 Å². The van der Waals surface area contributed by atoms with E-state index in [0.717, 1.165) is 12.1 Å². The average Bonchev–Trinajstić information content (AvgIpc) is 2.04. The van der Waals surface area contributed by atoms with Gasteiger partial charge in [-0.1, -0.05) is 0 Å². The minimum Gasteiger partial charge on any atom is -0.298 e. The molecule has 6 heteroatoms. The van der Waals surface area contributed by atoms with E-state index >= 15 is 0 Å². The third-order valence-corrected chi connectivity index (χ3v) is 2.55. The minimum absolute atomic E-state index is 0.0256. The van der Waals surface area contributed by atoms with Crippen molar-refractivity contribution in [1.29, 1.82) is 0 Å². The van der Waals surface area contributed by atoms with Crippen molar-refractivity contribution in [3.8, 4) is 0 Å². The zero-order chi connectivity index (χ0) is 10.0. The Bertz CT molecular complexity index is 380. The number of halogens is 2. The first kappa shape index (κ1) is 10.0. The normalized spacial score (nSPS) is 9.69. The van der Waals surface area contributed by atoms with Gasteiger partial charge in [0.15, 0.2) is 6.29 Å². The van der Waals surface area contributed by atoms with Crippen LogP contribution in [0.5, 0.6) is 0 Å². The summed E-state index contributed by atoms with van der Waals surface area (Å²) in [6.45, 7) is 0. The van der Waals surface area contributed by atoms with Gasteiger partial charge in [0.1, 0.15) is 9.39 Å². The van der Waals surface area contributed by atoms with Gasteiger partial charge < -0.3 is 0 Å². The van der Waals surface area contributed by atoms with Crippen molar-refractivity contribution in [2.45, 2.75) is 0 Å². The summed E-state index contributed by atoms with van der Waals surface area (Å²) < 4.78 is 12.9. The van der Waals surface area contributed by atoms with Crippen LogP contribution in [0.4, 0.5) is 10.1 Å². The maximum Gasteiger partial charge on any atom is 0.283 e. The van der Waals surface area contributed by atoms with Gasteiger partial charge in [0.05, 0.1) is 10.5 Å². The summed E-state index contributed by atoms with van der Waals surface area (Å²) in [5.41, 5.74) is -0.529. The quantitative estimate of drug-likeness (QED) is 0.363. The van der Waals surface area contributed by atoms with Crippen molar-refractivity contribution in [2.24, 2.45) is 0 Å². The van der Waals surface area contributed by atoms with Crippen molar-refractivity contribution in [3.63, 3.8) is 0 Å². The molecule has 0 spiro atoms. The molecule has 68 valence electrons. The van der Waals surface area contributed by atoms with E-state index in [1.165, 1.54) is 0 Å². The SMILES string of the molecule is O=Cc1c(F)ccc([N+](=O)[O-])c1I. The number of nitro benzene ring substituents is 1. The Morgan fingerprint density at radius 3 is 2.62 bits per heavy atom. The Morgan fingerprint density at radius 1 is 1.54 bits per heavy atom. The summed E-state index contributed by atoms with van der Waals surface area (Å²) in [5.74, 6) is -0.745. The highest BCUT2D eigenvalue weighted by Gasteiger charge is 2.17. The van der Waals surface area contributed by atoms with E-state index in [-0.39, 0.29) is 21.1 Å². The van der Waals surface area contributed by atoms with Gasteiger partial charge in [-0.05, 0) is 28.7 Å². The lowest BCUT2D eigenvalue weighted by atomic mass is 10.2. The van der Waals surface area contributed by atoms with Gasteiger partial charge in [0.2, 0.25) is 0 Å². The molecule has 0 unspecified atom stereocenters. The molecular weight excluding hydrogens is 292 g/mol. The maximum absolute atomic E-state index is 12.8. The minimum atomic E-state index is -0.745. The second-order valence-electron chi connectivity index (χ2n) is 2.17. The average molecular weight is 295 g/mol. The van der Waals surface area contributed by atoms with Crippen LogP contribution in [0.1, 0.15) is 10.4 Å². The van der Waals surface area contributed by atoms with Gasteiger partial charge in [0.25, 0.3) is 5.69 Å². The number of rotatable bonds is 2. The molecule has 0 N–H and O–H groups in total. The van der Waals surface area contributed by atoms with Crippen LogP contribution in [0.2, 0.25) is 0 Å². The van der Waals surface area contributed by atoms with Crippen molar-refractivity contribution in [2.75, 3.05) is 0 Å². The van der Waals surface area contributed by atoms with Gasteiger partial charge in [-0.3, -0.25) is 14.9 Å². The molecule has 0 saturated carbocycles. The van der Waals surface area contributed by atoms with E-state index < -0.39 is 10.7 Å². The number of carbonyl (C=O) groups excluding carboxylic acids is 1. The molecule has 13 heavy (non-hydrogen) atoms. The van der Waals surface area contributed by atoms with E-state index in [4.69, 9.17) is 0 Å². The Balaban J connectivity index is 3.44. The molecule has 0 amide bonds. The largest absolute Gasteiger partial charge is 0.298 e. The van der Waals surface area contributed by atoms with Crippen LogP contribution in [0.3, 0.4) is 0 Å². The second kappa shape index (κ2) is 3.77. The van der Waals surface area contributed by atoms with Gasteiger partial charge in [0, 0.05) is 6.07 Å². The topological polar surface area (TPSA) is 60.2 Å². The van der Waals surface area contributed by atoms with Crippen LogP contribution in [0, 0.1) is 19.5 Å². The molecule has 0 atom stereocenters. The fourth-order valence-electron chi connectivity index (χ4n) is 0.807. The molecule has 1 aromatic rings. The highest BCUT2D eigenvalue weighted by atomic mass is 127. The maximum atomic E-state index is 12.8. The molecule has 0 fully saturated rings. The summed E-state index contributed by atoms with van der Waals surface area (Å²) in [6.07, 6.45) is 0.268. The molecule has 0 heterocycles. The van der Waals surface area contributed by atoms with Crippen molar-refractivity contribution < 1.29 is 14.1 Å². The number of nitrogens with zero attached hydrogens (tertiary/aromatic N) is 1. The van der Waals surface area contributed by atoms with Crippen LogP contribution >= 0.6 is 22.6 Å². The number of carbonyl (C=O) groups is 1. The fourth-order valence-corrected chi connectivity index (χ4v) is 1.57. The Kier molecular flexibility index (Phi) is 2.91. The van der Waals surface area contributed by atoms with Gasteiger partial charge in [-0.2, -0.15) is 0 Å². The summed E-state index contributed by atoms with van der Waals surface area (Å²) >= 11 is 1.57. The Hall–Kier alpha value is -1.05. The fraction of sp³-hybridized carbons (Fsp3) is 0. The van der Waals surface area contributed by atoms with E-state index in [0.29, 0.717) is 0 Å². The van der Waals surface area contributed by atoms with Crippen LogP contribution in [0.15, 0.2) is 12.1 Å². The smallest absolute Gasteiger partial charge is 0.283 e. The molecule has 0 aliphatic carbocycles. The number of nitro groups is 1. The van der Waals surface area contributed by atoms with E-state index in [1.807, 2.05) is 0 Å². The molecule has 1 rings (SSSR count). The standard InChI is InChI=1S/C7H3FINO3/c8-5-1-2-6(10(12)13)7(9)4(5)3-11/h1-3H. The van der Waals surface area contributed by atoms with E-state index in [2.05, 4.69) is 0 Å². The van der Waals surface area contributed by atoms with Gasteiger partial charge in [-0.15, -0.1) is 0 Å². The first-order chi connectivity index (χ1) is 6.07. The first-order valence-corrected chi connectivity index (χ1v) is 4.23. The molecule has 0 aliphatic rings. The van der Waals surface area contributed by atoms with Crippen LogP contribution in [0.25, 0.3) is 0 Å². The zero-order valence-electron chi connectivity index (χ0n) is 6.16. The monoisotopic (exact) mass is 295 g/mol. The number of hydrogen-bond acceptors (Lipinski definition) is 3. The lowest BCUT2D eigenvalue weighted by Gasteiger charge is -1.98. The third kappa shape index (κ3) is 1.82. The molecule has 1 aromatic carbocycles. The van der Waals surface area contributed by atoms with Crippen molar-refractivity contribution in [3.05, 3.63) is 37.2 Å². The van der Waals surface area contributed by atoms with Gasteiger partial charge in [-0.25, -0.2) is 4.39 Å². The molecule has 0 aromatic heterocycles. The zero-order valence-corrected chi connectivity index (χ0v) is 8.32. The van der Waals surface area contributed by atoms with Crippen LogP contribution < -0.4 is 0 Å². The summed E-state index contributed by atoms with van der Waals surface area (Å²) in [5, 5.41) is 10.4. The third-order valence-electron chi connectivity index (χ3n) is 1.42. The molecule has 0 saturated heterocycles. The molecule has 0 radical (unpaired) electrons. The van der Waals surface area contributed by atoms with E-state index in [9.17, 15) is 19.3 Å². The number of benzene rings is 1. The van der Waals surface area contributed by atoms with Crippen LogP contribution in [-0.2, 0) is 0 Å². The lowest BCUT2D eigenvalue weighted by Crippen LogP contribution is -1.98. The Labute approximate surface area is 86.0 Å². The summed E-state index contributed by atoms with van der Waals surface area (Å²) in [7, 11) is 0. The number of hydrogen-bond donors (Lipinski definition) is 0.